The molecule has 0 aliphatic carbocycles. The molecule has 0 aliphatic rings. The van der Waals surface area contributed by atoms with E-state index in [9.17, 15) is 18.0 Å². The molecule has 0 saturated heterocycles. The van der Waals surface area contributed by atoms with E-state index >= 15 is 0 Å². The number of carbonyl (C=O) groups is 1. The Kier molecular flexibility index (Phi) is 4.59. The summed E-state index contributed by atoms with van der Waals surface area (Å²) in [6.07, 6.45) is -2.99. The number of fused-ring (bicyclic) bond motifs is 2. The summed E-state index contributed by atoms with van der Waals surface area (Å²) in [5, 5.41) is 6.91. The molecule has 0 fully saturated rings. The highest BCUT2D eigenvalue weighted by Crippen LogP contribution is 2.33. The predicted molar refractivity (Wildman–Crippen MR) is 112 cm³/mol. The maximum Gasteiger partial charge on any atom is 0.416 e. The summed E-state index contributed by atoms with van der Waals surface area (Å²) in [7, 11) is 0. The van der Waals surface area contributed by atoms with Crippen LogP contribution in [0.3, 0.4) is 0 Å². The number of benzene rings is 2. The molecule has 1 amide bonds. The average molecular weight is 457 g/mol. The number of rotatable bonds is 3. The van der Waals surface area contributed by atoms with Gasteiger partial charge in [0.2, 0.25) is 5.95 Å². The van der Waals surface area contributed by atoms with E-state index in [1.54, 1.807) is 36.4 Å². The van der Waals surface area contributed by atoms with Crippen molar-refractivity contribution in [3.05, 3.63) is 77.2 Å². The van der Waals surface area contributed by atoms with Crippen molar-refractivity contribution < 1.29 is 18.0 Å². The van der Waals surface area contributed by atoms with Gasteiger partial charge in [-0.05, 0) is 47.5 Å². The third-order valence-electron chi connectivity index (χ3n) is 4.76. The molecule has 3 aromatic heterocycles. The first kappa shape index (κ1) is 20.0. The predicted octanol–water partition coefficient (Wildman–Crippen LogP) is 5.20. The van der Waals surface area contributed by atoms with Crippen molar-refractivity contribution in [1.82, 2.24) is 24.6 Å². The largest absolute Gasteiger partial charge is 0.416 e. The van der Waals surface area contributed by atoms with Crippen LogP contribution in [0.15, 0.2) is 60.8 Å². The van der Waals surface area contributed by atoms with Crippen molar-refractivity contribution in [1.29, 1.82) is 0 Å². The Morgan fingerprint density at radius 1 is 1.03 bits per heavy atom. The lowest BCUT2D eigenvalue weighted by molar-refractivity contribution is -0.137. The number of carbonyl (C=O) groups excluding carboxylic acids is 1. The molecule has 0 saturated carbocycles. The standard InChI is InChI=1S/C21H12ClF3N6O/c22-17-6-7-18-26-16(10-31(18)30-17)19(32)29-20-27-14-5-4-12(9-15(14)28-20)11-2-1-3-13(8-11)21(23,24)25/h1-10H,(H2,27,28,29,32). The topological polar surface area (TPSA) is 88.0 Å². The van der Waals surface area contributed by atoms with E-state index in [1.807, 2.05) is 0 Å². The number of hydrogen-bond acceptors (Lipinski definition) is 4. The second-order valence-corrected chi connectivity index (χ2v) is 7.32. The first-order chi connectivity index (χ1) is 15.3. The maximum atomic E-state index is 13.0. The van der Waals surface area contributed by atoms with E-state index in [2.05, 4.69) is 25.4 Å². The molecule has 160 valence electrons. The fraction of sp³-hybridized carbons (Fsp3) is 0.0476. The van der Waals surface area contributed by atoms with E-state index in [0.29, 0.717) is 27.8 Å². The molecule has 0 bridgehead atoms. The molecule has 7 nitrogen and oxygen atoms in total. The van der Waals surface area contributed by atoms with Crippen LogP contribution in [-0.2, 0) is 6.18 Å². The molecule has 0 atom stereocenters. The Labute approximate surface area is 182 Å². The van der Waals surface area contributed by atoms with Crippen LogP contribution in [0.2, 0.25) is 5.15 Å². The molecule has 5 rings (SSSR count). The monoisotopic (exact) mass is 456 g/mol. The summed E-state index contributed by atoms with van der Waals surface area (Å²) in [4.78, 5) is 24.0. The van der Waals surface area contributed by atoms with E-state index < -0.39 is 17.6 Å². The first-order valence-electron chi connectivity index (χ1n) is 9.27. The number of H-pyrrole nitrogens is 1. The highest BCUT2D eigenvalue weighted by Gasteiger charge is 2.30. The minimum absolute atomic E-state index is 0.116. The first-order valence-corrected chi connectivity index (χ1v) is 9.65. The number of nitrogens with zero attached hydrogens (tertiary/aromatic N) is 4. The summed E-state index contributed by atoms with van der Waals surface area (Å²) in [6, 6.07) is 13.3. The SMILES string of the molecule is O=C(Nc1nc2ccc(-c3cccc(C(F)(F)F)c3)cc2[nH]1)c1cn2nc(Cl)ccc2n1. The van der Waals surface area contributed by atoms with E-state index in [-0.39, 0.29) is 16.8 Å². The molecule has 2 aromatic carbocycles. The van der Waals surface area contributed by atoms with E-state index in [1.165, 1.54) is 16.8 Å². The summed E-state index contributed by atoms with van der Waals surface area (Å²) < 4.78 is 40.4. The highest BCUT2D eigenvalue weighted by atomic mass is 35.5. The van der Waals surface area contributed by atoms with Gasteiger partial charge in [0.15, 0.2) is 5.65 Å². The van der Waals surface area contributed by atoms with Gasteiger partial charge >= 0.3 is 6.18 Å². The minimum Gasteiger partial charge on any atom is -0.324 e. The molecule has 0 unspecified atom stereocenters. The summed E-state index contributed by atoms with van der Waals surface area (Å²) >= 11 is 5.84. The van der Waals surface area contributed by atoms with Crippen molar-refractivity contribution in [2.75, 3.05) is 5.32 Å². The smallest absolute Gasteiger partial charge is 0.324 e. The Hall–Kier alpha value is -3.92. The van der Waals surface area contributed by atoms with Crippen LogP contribution in [-0.4, -0.2) is 30.5 Å². The highest BCUT2D eigenvalue weighted by molar-refractivity contribution is 6.29. The quantitative estimate of drug-likeness (QED) is 0.391. The number of nitrogens with one attached hydrogen (secondary N) is 2. The van der Waals surface area contributed by atoms with Crippen molar-refractivity contribution in [3.63, 3.8) is 0 Å². The fourth-order valence-corrected chi connectivity index (χ4v) is 3.41. The number of aromatic nitrogens is 5. The summed E-state index contributed by atoms with van der Waals surface area (Å²) in [6.45, 7) is 0. The Morgan fingerprint density at radius 3 is 2.66 bits per heavy atom. The fourth-order valence-electron chi connectivity index (χ4n) is 3.26. The molecule has 5 aromatic rings. The van der Waals surface area contributed by atoms with Crippen molar-refractivity contribution in [2.24, 2.45) is 0 Å². The molecule has 0 radical (unpaired) electrons. The summed E-state index contributed by atoms with van der Waals surface area (Å²) in [5.41, 5.74) is 1.93. The molecule has 32 heavy (non-hydrogen) atoms. The van der Waals surface area contributed by atoms with Gasteiger partial charge < -0.3 is 4.98 Å². The second kappa shape index (κ2) is 7.34. The molecule has 11 heteroatoms. The molecule has 2 N–H and O–H groups in total. The number of alkyl halides is 3. The number of amides is 1. The number of anilines is 1. The average Bonchev–Trinajstić information content (AvgIpc) is 3.35. The molecule has 0 spiro atoms. The second-order valence-electron chi connectivity index (χ2n) is 6.93. The Bertz CT molecular complexity index is 1490. The molecular weight excluding hydrogens is 445 g/mol. The zero-order valence-corrected chi connectivity index (χ0v) is 16.7. The number of halogens is 4. The van der Waals surface area contributed by atoms with Gasteiger partial charge in [-0.25, -0.2) is 14.5 Å². The van der Waals surface area contributed by atoms with Crippen LogP contribution >= 0.6 is 11.6 Å². The van der Waals surface area contributed by atoms with Crippen molar-refractivity contribution >= 4 is 40.1 Å². The minimum atomic E-state index is -4.43. The summed E-state index contributed by atoms with van der Waals surface area (Å²) in [5.74, 6) is -0.335. The third kappa shape index (κ3) is 3.76. The van der Waals surface area contributed by atoms with Crippen molar-refractivity contribution in [2.45, 2.75) is 6.18 Å². The lowest BCUT2D eigenvalue weighted by atomic mass is 10.0. The van der Waals surface area contributed by atoms with Crippen LogP contribution in [0.4, 0.5) is 19.1 Å². The van der Waals surface area contributed by atoms with Gasteiger partial charge in [-0.1, -0.05) is 29.8 Å². The lowest BCUT2D eigenvalue weighted by Gasteiger charge is -2.08. The van der Waals surface area contributed by atoms with Gasteiger partial charge in [0.05, 0.1) is 22.8 Å². The van der Waals surface area contributed by atoms with Crippen LogP contribution < -0.4 is 5.32 Å². The van der Waals surface area contributed by atoms with Crippen LogP contribution in [0, 0.1) is 0 Å². The number of aromatic amines is 1. The van der Waals surface area contributed by atoms with E-state index in [4.69, 9.17) is 11.6 Å². The number of imidazole rings is 2. The Morgan fingerprint density at radius 2 is 1.84 bits per heavy atom. The van der Waals surface area contributed by atoms with Crippen LogP contribution in [0.25, 0.3) is 27.8 Å². The molecule has 0 aliphatic heterocycles. The van der Waals surface area contributed by atoms with Gasteiger partial charge in [-0.15, -0.1) is 0 Å². The van der Waals surface area contributed by atoms with Gasteiger partial charge in [0.25, 0.3) is 5.91 Å². The van der Waals surface area contributed by atoms with Gasteiger partial charge in [0, 0.05) is 0 Å². The molecular formula is C21H12ClF3N6O. The van der Waals surface area contributed by atoms with Crippen molar-refractivity contribution in [3.8, 4) is 11.1 Å². The van der Waals surface area contributed by atoms with Gasteiger partial charge in [-0.2, -0.15) is 18.3 Å². The lowest BCUT2D eigenvalue weighted by Crippen LogP contribution is -2.13. The third-order valence-corrected chi connectivity index (χ3v) is 4.96. The van der Waals surface area contributed by atoms with E-state index in [0.717, 1.165) is 12.1 Å². The van der Waals surface area contributed by atoms with Crippen LogP contribution in [0.1, 0.15) is 16.1 Å². The number of hydrogen-bond donors (Lipinski definition) is 2. The maximum absolute atomic E-state index is 13.0. The van der Waals surface area contributed by atoms with Gasteiger partial charge in [-0.3, -0.25) is 10.1 Å². The van der Waals surface area contributed by atoms with Gasteiger partial charge in [0.1, 0.15) is 10.8 Å². The zero-order chi connectivity index (χ0) is 22.5. The van der Waals surface area contributed by atoms with Crippen LogP contribution in [0.5, 0.6) is 0 Å². The normalized spacial score (nSPS) is 11.9. The zero-order valence-electron chi connectivity index (χ0n) is 16.0. The Balaban J connectivity index is 1.42. The molecule has 3 heterocycles.